The zero-order chi connectivity index (χ0) is 26.4. The zero-order valence-electron chi connectivity index (χ0n) is 23.1. The number of allylic oxidation sites excluding steroid dienone is 2. The maximum atomic E-state index is 11.3. The molecule has 1 aromatic carbocycles. The van der Waals surface area contributed by atoms with Crippen LogP contribution in [0.15, 0.2) is 36.4 Å². The molecule has 1 N–H and O–H groups in total. The number of hydrogen-bond acceptors (Lipinski definition) is 4. The third-order valence-electron chi connectivity index (χ3n) is 8.06. The first-order chi connectivity index (χ1) is 16.2. The molecule has 4 atom stereocenters. The van der Waals surface area contributed by atoms with Gasteiger partial charge >= 0.3 is 5.97 Å². The lowest BCUT2D eigenvalue weighted by Crippen LogP contribution is -2.44. The normalized spacial score (nSPS) is 23.7. The van der Waals surface area contributed by atoms with Gasteiger partial charge in [-0.15, -0.1) is 11.6 Å². The van der Waals surface area contributed by atoms with Crippen LogP contribution >= 0.6 is 11.6 Å². The number of rotatable bonds is 11. The second-order valence-corrected chi connectivity index (χ2v) is 17.5. The maximum Gasteiger partial charge on any atom is 0.305 e. The van der Waals surface area contributed by atoms with Crippen molar-refractivity contribution < 1.29 is 19.1 Å². The van der Waals surface area contributed by atoms with E-state index < -0.39 is 8.32 Å². The molecule has 1 aromatic rings. The molecule has 4 nitrogen and oxygen atoms in total. The van der Waals surface area contributed by atoms with Crippen molar-refractivity contribution in [3.05, 3.63) is 47.5 Å². The molecule has 0 aromatic heterocycles. The summed E-state index contributed by atoms with van der Waals surface area (Å²) >= 11 is 6.99. The lowest BCUT2D eigenvalue weighted by molar-refractivity contribution is -0.140. The van der Waals surface area contributed by atoms with Gasteiger partial charge in [-0.2, -0.15) is 0 Å². The van der Waals surface area contributed by atoms with Crippen LogP contribution in [0.3, 0.4) is 0 Å². The Morgan fingerprint density at radius 3 is 2.31 bits per heavy atom. The first-order valence-electron chi connectivity index (χ1n) is 13.0. The van der Waals surface area contributed by atoms with Gasteiger partial charge in [-0.3, -0.25) is 4.79 Å². The number of halogens is 1. The van der Waals surface area contributed by atoms with Gasteiger partial charge < -0.3 is 14.3 Å². The molecule has 0 unspecified atom stereocenters. The number of carbonyl (C=O) groups is 1. The summed E-state index contributed by atoms with van der Waals surface area (Å²) in [4.78, 5) is 11.3. The predicted molar refractivity (Wildman–Crippen MR) is 149 cm³/mol. The summed E-state index contributed by atoms with van der Waals surface area (Å²) in [6, 6.07) is 8.72. The van der Waals surface area contributed by atoms with Crippen molar-refractivity contribution in [1.29, 1.82) is 0 Å². The molecule has 35 heavy (non-hydrogen) atoms. The van der Waals surface area contributed by atoms with Crippen LogP contribution in [0.4, 0.5) is 0 Å². The molecule has 1 fully saturated rings. The average Bonchev–Trinajstić information content (AvgIpc) is 3.09. The van der Waals surface area contributed by atoms with Crippen molar-refractivity contribution >= 4 is 25.9 Å². The average molecular weight is 523 g/mol. The van der Waals surface area contributed by atoms with Gasteiger partial charge in [0, 0.05) is 23.1 Å². The van der Waals surface area contributed by atoms with Crippen LogP contribution in [0.1, 0.15) is 83.8 Å². The van der Waals surface area contributed by atoms with Crippen LogP contribution in [-0.4, -0.2) is 44.6 Å². The van der Waals surface area contributed by atoms with Crippen molar-refractivity contribution in [2.24, 2.45) is 5.92 Å². The summed E-state index contributed by atoms with van der Waals surface area (Å²) in [5.74, 6) is 0.339. The fraction of sp³-hybridized carbons (Fsp3) is 0.690. The SMILES string of the molecule is COC(=O)CCC/C=C\C[C@@H]1[C@@H](c2ccc(C(C)(C)CO)cc2)[C@H](O[Si](C)(C)C(C)(C)C)C[C@H]1Cl. The number of aliphatic hydroxyl groups excluding tert-OH is 1. The quantitative estimate of drug-likeness (QED) is 0.108. The number of alkyl halides is 1. The largest absolute Gasteiger partial charge is 0.469 e. The molecule has 0 heterocycles. The third-order valence-corrected chi connectivity index (χ3v) is 13.1. The van der Waals surface area contributed by atoms with Crippen LogP contribution in [0.2, 0.25) is 18.1 Å². The van der Waals surface area contributed by atoms with Gasteiger partial charge in [-0.1, -0.05) is 71.0 Å². The molecule has 0 bridgehead atoms. The molecule has 0 radical (unpaired) electrons. The first-order valence-corrected chi connectivity index (χ1v) is 16.3. The molecule has 2 rings (SSSR count). The molecule has 0 amide bonds. The predicted octanol–water partition coefficient (Wildman–Crippen LogP) is 7.35. The van der Waals surface area contributed by atoms with E-state index in [0.29, 0.717) is 6.42 Å². The standard InChI is InChI=1S/C29H47ClO4Si/c1-28(2,3)35(7,8)34-25-19-24(30)23(13-11-9-10-12-14-26(32)33-6)27(25)21-15-17-22(18-16-21)29(4,5)20-31/h9,11,15-18,23-25,27,31H,10,12-14,19-20H2,1-8H3/b11-9-/t23-,24+,25+,27+/m0/s1. The minimum absolute atomic E-state index is 0.0445. The number of aliphatic hydroxyl groups is 1. The number of benzene rings is 1. The zero-order valence-corrected chi connectivity index (χ0v) is 24.8. The highest BCUT2D eigenvalue weighted by molar-refractivity contribution is 6.74. The van der Waals surface area contributed by atoms with Crippen molar-refractivity contribution in [3.63, 3.8) is 0 Å². The van der Waals surface area contributed by atoms with Gasteiger partial charge in [0.15, 0.2) is 8.32 Å². The minimum atomic E-state index is -1.97. The van der Waals surface area contributed by atoms with E-state index >= 15 is 0 Å². The number of esters is 1. The van der Waals surface area contributed by atoms with Crippen molar-refractivity contribution in [2.45, 2.75) is 108 Å². The number of ether oxygens (including phenoxy) is 1. The molecule has 0 aliphatic heterocycles. The van der Waals surface area contributed by atoms with E-state index in [1.54, 1.807) is 0 Å². The number of carbonyl (C=O) groups excluding carboxylic acids is 1. The van der Waals surface area contributed by atoms with E-state index in [0.717, 1.165) is 31.2 Å². The van der Waals surface area contributed by atoms with Gasteiger partial charge in [0.1, 0.15) is 0 Å². The third kappa shape index (κ3) is 7.92. The Labute approximate surface area is 219 Å². The summed E-state index contributed by atoms with van der Waals surface area (Å²) in [5, 5.41) is 9.96. The molecule has 6 heteroatoms. The highest BCUT2D eigenvalue weighted by Gasteiger charge is 2.48. The minimum Gasteiger partial charge on any atom is -0.469 e. The lowest BCUT2D eigenvalue weighted by atomic mass is 9.81. The van der Waals surface area contributed by atoms with Crippen molar-refractivity contribution in [1.82, 2.24) is 0 Å². The Bertz CT molecular complexity index is 841. The lowest BCUT2D eigenvalue weighted by Gasteiger charge is -2.40. The summed E-state index contributed by atoms with van der Waals surface area (Å²) < 4.78 is 11.7. The molecular formula is C29H47ClO4Si. The number of unbranched alkanes of at least 4 members (excludes halogenated alkanes) is 1. The molecule has 0 spiro atoms. The van der Waals surface area contributed by atoms with Crippen LogP contribution in [0, 0.1) is 5.92 Å². The van der Waals surface area contributed by atoms with Crippen LogP contribution in [-0.2, 0) is 19.4 Å². The van der Waals surface area contributed by atoms with E-state index in [2.05, 4.69) is 84.1 Å². The molecule has 1 aliphatic carbocycles. The van der Waals surface area contributed by atoms with Gasteiger partial charge in [-0.25, -0.2) is 0 Å². The van der Waals surface area contributed by atoms with Crippen LogP contribution < -0.4 is 0 Å². The Morgan fingerprint density at radius 2 is 1.77 bits per heavy atom. The molecule has 1 saturated carbocycles. The maximum absolute atomic E-state index is 11.3. The van der Waals surface area contributed by atoms with E-state index in [9.17, 15) is 9.90 Å². The first kappa shape index (κ1) is 30.1. The summed E-state index contributed by atoms with van der Waals surface area (Å²) in [7, 11) is -0.538. The Hall–Kier alpha value is -1.14. The molecule has 0 saturated heterocycles. The van der Waals surface area contributed by atoms with Crippen LogP contribution in [0.25, 0.3) is 0 Å². The van der Waals surface area contributed by atoms with E-state index in [1.807, 2.05) is 0 Å². The summed E-state index contributed by atoms with van der Waals surface area (Å²) in [5.41, 5.74) is 2.12. The Morgan fingerprint density at radius 1 is 1.14 bits per heavy atom. The monoisotopic (exact) mass is 522 g/mol. The molecular weight excluding hydrogens is 476 g/mol. The fourth-order valence-corrected chi connectivity index (χ4v) is 6.35. The second kappa shape index (κ2) is 12.4. The van der Waals surface area contributed by atoms with Crippen molar-refractivity contribution in [3.8, 4) is 0 Å². The highest BCUT2D eigenvalue weighted by atomic mass is 35.5. The summed E-state index contributed by atoms with van der Waals surface area (Å²) in [6.07, 6.45) is 8.31. The van der Waals surface area contributed by atoms with Gasteiger partial charge in [0.2, 0.25) is 0 Å². The molecule has 1 aliphatic rings. The Balaban J connectivity index is 2.26. The number of methoxy groups -OCH3 is 1. The topological polar surface area (TPSA) is 55.8 Å². The van der Waals surface area contributed by atoms with Crippen molar-refractivity contribution in [2.75, 3.05) is 13.7 Å². The molecule has 198 valence electrons. The van der Waals surface area contributed by atoms with E-state index in [1.165, 1.54) is 12.7 Å². The fourth-order valence-electron chi connectivity index (χ4n) is 4.56. The van der Waals surface area contributed by atoms with Gasteiger partial charge in [0.25, 0.3) is 0 Å². The smallest absolute Gasteiger partial charge is 0.305 e. The second-order valence-electron chi connectivity index (χ2n) is 12.2. The van der Waals surface area contributed by atoms with E-state index in [-0.39, 0.29) is 46.3 Å². The number of hydrogen-bond donors (Lipinski definition) is 1. The van der Waals surface area contributed by atoms with E-state index in [4.69, 9.17) is 20.8 Å². The van der Waals surface area contributed by atoms with Crippen LogP contribution in [0.5, 0.6) is 0 Å². The Kier molecular flexibility index (Phi) is 10.7. The highest BCUT2D eigenvalue weighted by Crippen LogP contribution is 2.49. The van der Waals surface area contributed by atoms with Gasteiger partial charge in [-0.05, 0) is 60.9 Å². The summed E-state index contributed by atoms with van der Waals surface area (Å²) in [6.45, 7) is 15.7. The van der Waals surface area contributed by atoms with Gasteiger partial charge in [0.05, 0.1) is 19.8 Å².